The Morgan fingerprint density at radius 2 is 1.85 bits per heavy atom. The van der Waals surface area contributed by atoms with E-state index in [1.54, 1.807) is 20.3 Å². The molecule has 0 amide bonds. The van der Waals surface area contributed by atoms with Crippen molar-refractivity contribution < 1.29 is 33.3 Å². The maximum absolute atomic E-state index is 12.9. The van der Waals surface area contributed by atoms with Crippen LogP contribution in [0.1, 0.15) is 55.5 Å². The van der Waals surface area contributed by atoms with E-state index < -0.39 is 5.41 Å². The summed E-state index contributed by atoms with van der Waals surface area (Å²) in [6.07, 6.45) is 3.04. The van der Waals surface area contributed by atoms with E-state index in [4.69, 9.17) is 23.7 Å². The van der Waals surface area contributed by atoms with Gasteiger partial charge in [0.2, 0.25) is 5.75 Å². The van der Waals surface area contributed by atoms with E-state index in [2.05, 4.69) is 0 Å². The highest BCUT2D eigenvalue weighted by Crippen LogP contribution is 2.48. The van der Waals surface area contributed by atoms with Crippen LogP contribution in [0.5, 0.6) is 17.2 Å². The van der Waals surface area contributed by atoms with E-state index in [0.29, 0.717) is 22.8 Å². The number of benzene rings is 2. The molecule has 2 aliphatic rings. The minimum atomic E-state index is -0.660. The Morgan fingerprint density at radius 1 is 1.09 bits per heavy atom. The molecule has 0 N–H and O–H groups in total. The molecular formula is C26H30O7. The molecule has 1 heterocycles. The summed E-state index contributed by atoms with van der Waals surface area (Å²) in [6.45, 7) is 4.32. The third kappa shape index (κ3) is 4.24. The molecule has 4 rings (SSSR count). The van der Waals surface area contributed by atoms with E-state index in [0.717, 1.165) is 42.4 Å². The summed E-state index contributed by atoms with van der Waals surface area (Å²) in [5.41, 5.74) is 2.37. The Labute approximate surface area is 193 Å². The van der Waals surface area contributed by atoms with Gasteiger partial charge in [-0.25, -0.2) is 4.79 Å². The van der Waals surface area contributed by atoms with Gasteiger partial charge in [-0.05, 0) is 56.0 Å². The number of methoxy groups -OCH3 is 2. The zero-order valence-electron chi connectivity index (χ0n) is 19.6. The fourth-order valence-electron chi connectivity index (χ4n) is 4.18. The third-order valence-electron chi connectivity index (χ3n) is 6.61. The highest BCUT2D eigenvalue weighted by atomic mass is 16.6. The second-order valence-electron chi connectivity index (χ2n) is 8.67. The van der Waals surface area contributed by atoms with Crippen LogP contribution < -0.4 is 14.2 Å². The molecule has 7 heteroatoms. The highest BCUT2D eigenvalue weighted by Gasteiger charge is 2.47. The van der Waals surface area contributed by atoms with Gasteiger partial charge in [-0.15, -0.1) is 0 Å². The van der Waals surface area contributed by atoms with Gasteiger partial charge in [0.1, 0.15) is 18.6 Å². The lowest BCUT2D eigenvalue weighted by molar-refractivity contribution is -0.169. The fourth-order valence-corrected chi connectivity index (χ4v) is 4.18. The molecule has 0 aromatic heterocycles. The second kappa shape index (κ2) is 9.33. The van der Waals surface area contributed by atoms with Gasteiger partial charge in [-0.3, -0.25) is 4.79 Å². The van der Waals surface area contributed by atoms with Crippen LogP contribution in [-0.4, -0.2) is 38.9 Å². The van der Waals surface area contributed by atoms with Gasteiger partial charge < -0.3 is 23.7 Å². The minimum absolute atomic E-state index is 0.131. The predicted molar refractivity (Wildman–Crippen MR) is 122 cm³/mol. The van der Waals surface area contributed by atoms with Crippen molar-refractivity contribution in [2.24, 2.45) is 5.41 Å². The van der Waals surface area contributed by atoms with Crippen molar-refractivity contribution in [3.8, 4) is 28.4 Å². The molecule has 0 radical (unpaired) electrons. The number of fused-ring (bicyclic) bond motifs is 1. The van der Waals surface area contributed by atoms with Crippen LogP contribution in [0.2, 0.25) is 0 Å². The fraction of sp³-hybridized carbons (Fsp3) is 0.462. The van der Waals surface area contributed by atoms with E-state index >= 15 is 0 Å². The SMILES string of the molecule is CCC(C)OC(=O)C1(COc2c(-c3ccc4c(c3)COC4=O)ccc(OC)c2OC)CCC1. The molecule has 1 saturated carbocycles. The number of cyclic esters (lactones) is 1. The van der Waals surface area contributed by atoms with Crippen LogP contribution in [0.3, 0.4) is 0 Å². The smallest absolute Gasteiger partial charge is 0.338 e. The number of hydrogen-bond acceptors (Lipinski definition) is 7. The van der Waals surface area contributed by atoms with Crippen LogP contribution in [0, 0.1) is 5.41 Å². The topological polar surface area (TPSA) is 80.3 Å². The maximum Gasteiger partial charge on any atom is 0.338 e. The standard InChI is InChI=1S/C26H30O7/c1-5-16(2)33-25(28)26(11-6-12-26)15-32-22-19(9-10-21(29-3)23(22)30-4)17-7-8-20-18(13-17)14-31-24(20)27/h7-10,13,16H,5-6,11-12,14-15H2,1-4H3. The lowest BCUT2D eigenvalue weighted by Gasteiger charge is -2.39. The molecule has 33 heavy (non-hydrogen) atoms. The Hall–Kier alpha value is -3.22. The zero-order chi connectivity index (χ0) is 23.6. The van der Waals surface area contributed by atoms with E-state index in [1.165, 1.54) is 0 Å². The van der Waals surface area contributed by atoms with Gasteiger partial charge in [0.05, 0.1) is 25.9 Å². The number of carbonyl (C=O) groups is 2. The number of esters is 2. The van der Waals surface area contributed by atoms with Gasteiger partial charge in [0.25, 0.3) is 0 Å². The largest absolute Gasteiger partial charge is 0.493 e. The van der Waals surface area contributed by atoms with Crippen molar-refractivity contribution >= 4 is 11.9 Å². The summed E-state index contributed by atoms with van der Waals surface area (Å²) >= 11 is 0. The van der Waals surface area contributed by atoms with E-state index in [-0.39, 0.29) is 31.3 Å². The molecule has 1 atom stereocenters. The molecule has 1 fully saturated rings. The summed E-state index contributed by atoms with van der Waals surface area (Å²) in [5.74, 6) is 0.949. The molecular weight excluding hydrogens is 424 g/mol. The first-order chi connectivity index (χ1) is 15.9. The molecule has 1 aliphatic heterocycles. The summed E-state index contributed by atoms with van der Waals surface area (Å²) in [7, 11) is 3.12. The lowest BCUT2D eigenvalue weighted by atomic mass is 9.69. The average molecular weight is 455 g/mol. The van der Waals surface area contributed by atoms with Crippen molar-refractivity contribution in [1.29, 1.82) is 0 Å². The quantitative estimate of drug-likeness (QED) is 0.497. The van der Waals surface area contributed by atoms with Gasteiger partial charge in [0.15, 0.2) is 11.5 Å². The van der Waals surface area contributed by atoms with Crippen molar-refractivity contribution in [3.63, 3.8) is 0 Å². The third-order valence-corrected chi connectivity index (χ3v) is 6.61. The van der Waals surface area contributed by atoms with Crippen molar-refractivity contribution in [2.45, 2.75) is 52.2 Å². The second-order valence-corrected chi connectivity index (χ2v) is 8.67. The van der Waals surface area contributed by atoms with Gasteiger partial charge in [-0.1, -0.05) is 19.4 Å². The summed E-state index contributed by atoms with van der Waals surface area (Å²) in [4.78, 5) is 24.8. The Kier molecular flexibility index (Phi) is 6.49. The Balaban J connectivity index is 1.68. The van der Waals surface area contributed by atoms with Crippen LogP contribution in [-0.2, 0) is 20.9 Å². The predicted octanol–water partition coefficient (Wildman–Crippen LogP) is 4.93. The van der Waals surface area contributed by atoms with Crippen LogP contribution >= 0.6 is 0 Å². The normalized spacial score (nSPS) is 16.8. The first-order valence-corrected chi connectivity index (χ1v) is 11.3. The highest BCUT2D eigenvalue weighted by molar-refractivity contribution is 5.94. The molecule has 0 saturated heterocycles. The van der Waals surface area contributed by atoms with E-state index in [9.17, 15) is 9.59 Å². The molecule has 7 nitrogen and oxygen atoms in total. The van der Waals surface area contributed by atoms with Crippen LogP contribution in [0.15, 0.2) is 30.3 Å². The van der Waals surface area contributed by atoms with Gasteiger partial charge in [0, 0.05) is 11.1 Å². The zero-order valence-corrected chi connectivity index (χ0v) is 19.6. The molecule has 2 aromatic carbocycles. The molecule has 1 aliphatic carbocycles. The lowest BCUT2D eigenvalue weighted by Crippen LogP contribution is -2.45. The first kappa shape index (κ1) is 23.0. The number of hydrogen-bond donors (Lipinski definition) is 0. The molecule has 0 bridgehead atoms. The molecule has 176 valence electrons. The van der Waals surface area contributed by atoms with Crippen molar-refractivity contribution in [2.75, 3.05) is 20.8 Å². The summed E-state index contributed by atoms with van der Waals surface area (Å²) in [5, 5.41) is 0. The van der Waals surface area contributed by atoms with E-state index in [1.807, 2.05) is 38.1 Å². The van der Waals surface area contributed by atoms with Gasteiger partial charge in [-0.2, -0.15) is 0 Å². The monoisotopic (exact) mass is 454 g/mol. The molecule has 0 spiro atoms. The average Bonchev–Trinajstić information content (AvgIpc) is 3.17. The number of ether oxygens (including phenoxy) is 5. The molecule has 1 unspecified atom stereocenters. The van der Waals surface area contributed by atoms with Crippen molar-refractivity contribution in [3.05, 3.63) is 41.5 Å². The first-order valence-electron chi connectivity index (χ1n) is 11.3. The Morgan fingerprint density at radius 3 is 2.48 bits per heavy atom. The molecule has 2 aromatic rings. The van der Waals surface area contributed by atoms with Crippen LogP contribution in [0.25, 0.3) is 11.1 Å². The van der Waals surface area contributed by atoms with Gasteiger partial charge >= 0.3 is 11.9 Å². The van der Waals surface area contributed by atoms with Crippen molar-refractivity contribution in [1.82, 2.24) is 0 Å². The number of carbonyl (C=O) groups excluding carboxylic acids is 2. The number of rotatable bonds is 9. The van der Waals surface area contributed by atoms with Crippen LogP contribution in [0.4, 0.5) is 0 Å². The summed E-state index contributed by atoms with van der Waals surface area (Å²) in [6, 6.07) is 9.24. The Bertz CT molecular complexity index is 1050. The summed E-state index contributed by atoms with van der Waals surface area (Å²) < 4.78 is 28.3. The maximum atomic E-state index is 12.9. The minimum Gasteiger partial charge on any atom is -0.493 e.